The van der Waals surface area contributed by atoms with Crippen molar-refractivity contribution < 1.29 is 9.50 Å². The van der Waals surface area contributed by atoms with Gasteiger partial charge in [-0.2, -0.15) is 4.98 Å². The molecule has 0 spiro atoms. The Balaban J connectivity index is 1.75. The average Bonchev–Trinajstić information content (AvgIpc) is 2.88. The van der Waals surface area contributed by atoms with Crippen molar-refractivity contribution >= 4 is 0 Å². The molecule has 0 amide bonds. The number of pyridine rings is 1. The van der Waals surface area contributed by atoms with Crippen molar-refractivity contribution in [1.29, 1.82) is 0 Å². The summed E-state index contributed by atoms with van der Waals surface area (Å²) in [5.41, 5.74) is 4.83. The van der Waals surface area contributed by atoms with Crippen LogP contribution in [-0.4, -0.2) is 19.6 Å². The fraction of sp³-hybridized carbons (Fsp3) is 0.300. The summed E-state index contributed by atoms with van der Waals surface area (Å²) in [5.74, 6) is -0.0428. The van der Waals surface area contributed by atoms with Crippen molar-refractivity contribution in [2.75, 3.05) is 0 Å². The molecule has 0 bridgehead atoms. The minimum Gasteiger partial charge on any atom is -0.493 e. The predicted molar refractivity (Wildman–Crippen MR) is 141 cm³/mol. The number of aromatic hydroxyl groups is 1. The van der Waals surface area contributed by atoms with E-state index in [0.29, 0.717) is 24.2 Å². The van der Waals surface area contributed by atoms with Crippen LogP contribution in [0.1, 0.15) is 67.2 Å². The van der Waals surface area contributed by atoms with Gasteiger partial charge >= 0.3 is 0 Å². The van der Waals surface area contributed by atoms with Crippen molar-refractivity contribution in [3.63, 3.8) is 0 Å². The third-order valence-electron chi connectivity index (χ3n) is 6.61. The Hall–Kier alpha value is -3.80. The molecule has 2 heterocycles. The van der Waals surface area contributed by atoms with Crippen LogP contribution in [0.3, 0.4) is 0 Å². The molecule has 2 aromatic heterocycles. The summed E-state index contributed by atoms with van der Waals surface area (Å²) in [7, 11) is 0. The molecule has 0 aliphatic rings. The van der Waals surface area contributed by atoms with Crippen LogP contribution in [0, 0.1) is 12.7 Å². The van der Waals surface area contributed by atoms with Gasteiger partial charge in [0.15, 0.2) is 0 Å². The van der Waals surface area contributed by atoms with Gasteiger partial charge in [-0.3, -0.25) is 14.3 Å². The molecular formula is C30H32FN3O2. The lowest BCUT2D eigenvalue weighted by molar-refractivity contribution is 0.420. The van der Waals surface area contributed by atoms with Crippen LogP contribution in [0.25, 0.3) is 11.1 Å². The number of hydrogen-bond acceptors (Lipinski definition) is 4. The van der Waals surface area contributed by atoms with Crippen LogP contribution in [0.4, 0.5) is 4.39 Å². The van der Waals surface area contributed by atoms with E-state index in [9.17, 15) is 14.3 Å². The molecular weight excluding hydrogens is 453 g/mol. The molecule has 2 aromatic carbocycles. The molecule has 6 heteroatoms. The standard InChI is InChI=1S/C30H32FN3O2/c1-4-6-10-28-33-29(35)26(30(36)34(28)27(5-2)23-8-7-9-24(31)18-23)17-21-11-13-22(14-12-21)25-15-16-32-19-20(25)3/h7-9,11-16,18-19,27,35H,4-6,10,17H2,1-3H3/t27-/m0/s1. The summed E-state index contributed by atoms with van der Waals surface area (Å²) < 4.78 is 15.7. The molecule has 0 aliphatic carbocycles. The summed E-state index contributed by atoms with van der Waals surface area (Å²) in [6, 6.07) is 15.9. The maximum atomic E-state index is 14.0. The van der Waals surface area contributed by atoms with Crippen LogP contribution in [0.15, 0.2) is 71.8 Å². The maximum Gasteiger partial charge on any atom is 0.261 e. The Morgan fingerprint density at radius 3 is 2.53 bits per heavy atom. The van der Waals surface area contributed by atoms with Gasteiger partial charge in [0.1, 0.15) is 11.6 Å². The lowest BCUT2D eigenvalue weighted by atomic mass is 9.99. The topological polar surface area (TPSA) is 68.0 Å². The van der Waals surface area contributed by atoms with E-state index in [-0.39, 0.29) is 35.3 Å². The number of aryl methyl sites for hydroxylation is 2. The zero-order valence-corrected chi connectivity index (χ0v) is 21.0. The molecule has 0 saturated heterocycles. The summed E-state index contributed by atoms with van der Waals surface area (Å²) in [5, 5.41) is 10.8. The molecule has 4 rings (SSSR count). The average molecular weight is 486 g/mol. The molecule has 0 unspecified atom stereocenters. The minimum absolute atomic E-state index is 0.231. The minimum atomic E-state index is -0.371. The second kappa shape index (κ2) is 11.3. The fourth-order valence-electron chi connectivity index (χ4n) is 4.67. The van der Waals surface area contributed by atoms with Crippen molar-refractivity contribution in [2.45, 2.75) is 58.9 Å². The first-order chi connectivity index (χ1) is 17.4. The summed E-state index contributed by atoms with van der Waals surface area (Å²) >= 11 is 0. The van der Waals surface area contributed by atoms with E-state index in [2.05, 4.69) is 16.9 Å². The Morgan fingerprint density at radius 2 is 1.86 bits per heavy atom. The number of rotatable bonds is 9. The highest BCUT2D eigenvalue weighted by Gasteiger charge is 2.23. The number of benzene rings is 2. The SMILES string of the molecule is CCCCc1nc(O)c(Cc2ccc(-c3ccncc3C)cc2)c(=O)n1[C@@H](CC)c1cccc(F)c1. The lowest BCUT2D eigenvalue weighted by Gasteiger charge is -2.23. The van der Waals surface area contributed by atoms with Crippen molar-refractivity contribution in [1.82, 2.24) is 14.5 Å². The Labute approximate surface area is 211 Å². The lowest BCUT2D eigenvalue weighted by Crippen LogP contribution is -2.32. The number of hydrogen-bond donors (Lipinski definition) is 1. The number of nitrogens with zero attached hydrogens (tertiary/aromatic N) is 3. The summed E-state index contributed by atoms with van der Waals surface area (Å²) in [6.07, 6.45) is 6.77. The molecule has 1 atom stereocenters. The summed E-state index contributed by atoms with van der Waals surface area (Å²) in [6.45, 7) is 6.06. The first kappa shape index (κ1) is 25.3. The molecule has 0 aliphatic heterocycles. The van der Waals surface area contributed by atoms with E-state index in [0.717, 1.165) is 35.1 Å². The van der Waals surface area contributed by atoms with Crippen LogP contribution < -0.4 is 5.56 Å². The van der Waals surface area contributed by atoms with Crippen LogP contribution in [0.2, 0.25) is 0 Å². The second-order valence-corrected chi connectivity index (χ2v) is 9.15. The van der Waals surface area contributed by atoms with E-state index in [4.69, 9.17) is 0 Å². The van der Waals surface area contributed by atoms with Gasteiger partial charge in [-0.05, 0) is 65.8 Å². The highest BCUT2D eigenvalue weighted by molar-refractivity contribution is 5.66. The molecule has 0 radical (unpaired) electrons. The van der Waals surface area contributed by atoms with Gasteiger partial charge < -0.3 is 5.11 Å². The number of halogens is 1. The van der Waals surface area contributed by atoms with E-state index in [1.54, 1.807) is 16.8 Å². The van der Waals surface area contributed by atoms with E-state index in [1.165, 1.54) is 12.1 Å². The highest BCUT2D eigenvalue weighted by atomic mass is 19.1. The van der Waals surface area contributed by atoms with E-state index < -0.39 is 0 Å². The van der Waals surface area contributed by atoms with Crippen LogP contribution in [-0.2, 0) is 12.8 Å². The largest absolute Gasteiger partial charge is 0.493 e. The Morgan fingerprint density at radius 1 is 1.08 bits per heavy atom. The van der Waals surface area contributed by atoms with E-state index >= 15 is 0 Å². The molecule has 1 N–H and O–H groups in total. The van der Waals surface area contributed by atoms with Crippen LogP contribution >= 0.6 is 0 Å². The van der Waals surface area contributed by atoms with Gasteiger partial charge in [0, 0.05) is 25.2 Å². The van der Waals surface area contributed by atoms with Crippen molar-refractivity contribution in [3.05, 3.63) is 111 Å². The quantitative estimate of drug-likeness (QED) is 0.298. The third-order valence-corrected chi connectivity index (χ3v) is 6.61. The molecule has 0 saturated carbocycles. The highest BCUT2D eigenvalue weighted by Crippen LogP contribution is 2.27. The fourth-order valence-corrected chi connectivity index (χ4v) is 4.67. The molecule has 0 fully saturated rings. The molecule has 36 heavy (non-hydrogen) atoms. The molecule has 5 nitrogen and oxygen atoms in total. The first-order valence-electron chi connectivity index (χ1n) is 12.5. The van der Waals surface area contributed by atoms with Gasteiger partial charge in [0.05, 0.1) is 11.6 Å². The molecule has 186 valence electrons. The predicted octanol–water partition coefficient (Wildman–Crippen LogP) is 6.39. The Kier molecular flexibility index (Phi) is 7.93. The van der Waals surface area contributed by atoms with Gasteiger partial charge in [-0.25, -0.2) is 4.39 Å². The van der Waals surface area contributed by atoms with E-state index in [1.807, 2.05) is 56.4 Å². The second-order valence-electron chi connectivity index (χ2n) is 9.15. The zero-order valence-electron chi connectivity index (χ0n) is 21.0. The normalized spacial score (nSPS) is 12.0. The van der Waals surface area contributed by atoms with Crippen molar-refractivity contribution in [2.24, 2.45) is 0 Å². The monoisotopic (exact) mass is 485 g/mol. The van der Waals surface area contributed by atoms with Crippen LogP contribution in [0.5, 0.6) is 5.88 Å². The van der Waals surface area contributed by atoms with Gasteiger partial charge in [-0.15, -0.1) is 0 Å². The maximum absolute atomic E-state index is 14.0. The first-order valence-corrected chi connectivity index (χ1v) is 12.5. The van der Waals surface area contributed by atoms with Crippen molar-refractivity contribution in [3.8, 4) is 17.0 Å². The third kappa shape index (κ3) is 5.38. The summed E-state index contributed by atoms with van der Waals surface area (Å²) in [4.78, 5) is 22.5. The molecule has 4 aromatic rings. The smallest absolute Gasteiger partial charge is 0.261 e. The Bertz CT molecular complexity index is 1400. The van der Waals surface area contributed by atoms with Gasteiger partial charge in [0.25, 0.3) is 5.56 Å². The van der Waals surface area contributed by atoms with Gasteiger partial charge in [0.2, 0.25) is 5.88 Å². The number of aromatic nitrogens is 3. The number of unbranched alkanes of at least 4 members (excludes halogenated alkanes) is 1. The zero-order chi connectivity index (χ0) is 25.7. The van der Waals surface area contributed by atoms with Gasteiger partial charge in [-0.1, -0.05) is 56.7 Å².